The summed E-state index contributed by atoms with van der Waals surface area (Å²) in [4.78, 5) is 12.7. The van der Waals surface area contributed by atoms with Crippen LogP contribution in [0.3, 0.4) is 0 Å². The topological polar surface area (TPSA) is 72.5 Å². The van der Waals surface area contributed by atoms with Crippen LogP contribution < -0.4 is 5.73 Å². The Kier molecular flexibility index (Phi) is 5.30. The van der Waals surface area contributed by atoms with Gasteiger partial charge in [-0.3, -0.25) is 4.79 Å². The molecule has 3 aromatic rings. The quantitative estimate of drug-likeness (QED) is 0.591. The number of hydrogen-bond acceptors (Lipinski definition) is 4. The van der Waals surface area contributed by atoms with Crippen molar-refractivity contribution < 1.29 is 14.6 Å². The molecule has 0 saturated heterocycles. The van der Waals surface area contributed by atoms with E-state index in [4.69, 9.17) is 10.5 Å². The van der Waals surface area contributed by atoms with E-state index in [1.54, 1.807) is 18.3 Å². The summed E-state index contributed by atoms with van der Waals surface area (Å²) in [6.07, 6.45) is 1.28. The highest BCUT2D eigenvalue weighted by Gasteiger charge is 2.49. The smallest absolute Gasteiger partial charge is 0.323 e. The molecule has 1 aliphatic rings. The Morgan fingerprint density at radius 3 is 2.24 bits per heavy atom. The normalized spacial score (nSPS) is 16.1. The predicted octanol–water partition coefficient (Wildman–Crippen LogP) is 4.79. The number of aliphatic carboxylic acids is 1. The molecule has 4 nitrogen and oxygen atoms in total. The number of hydrogen-bond donors (Lipinski definition) is 2. The molecule has 2 aromatic carbocycles. The lowest BCUT2D eigenvalue weighted by atomic mass is 9.86. The van der Waals surface area contributed by atoms with Crippen LogP contribution >= 0.6 is 11.3 Å². The number of carbonyl (C=O) groups is 1. The van der Waals surface area contributed by atoms with Crippen molar-refractivity contribution in [3.63, 3.8) is 0 Å². The lowest BCUT2D eigenvalue weighted by Gasteiger charge is -2.36. The number of benzene rings is 2. The van der Waals surface area contributed by atoms with Crippen molar-refractivity contribution in [3.05, 3.63) is 81.5 Å². The van der Waals surface area contributed by atoms with Crippen LogP contribution in [-0.4, -0.2) is 23.2 Å². The van der Waals surface area contributed by atoms with Crippen molar-refractivity contribution in [2.24, 2.45) is 5.73 Å². The molecule has 1 aromatic heterocycles. The van der Waals surface area contributed by atoms with Crippen LogP contribution in [0.1, 0.15) is 41.8 Å². The average molecular weight is 408 g/mol. The number of rotatable bonds is 7. The maximum absolute atomic E-state index is 11.6. The molecule has 2 atom stereocenters. The Morgan fingerprint density at radius 1 is 1.10 bits per heavy atom. The summed E-state index contributed by atoms with van der Waals surface area (Å²) in [5, 5.41) is 11.6. The van der Waals surface area contributed by atoms with Gasteiger partial charge in [-0.2, -0.15) is 0 Å². The molecule has 1 aliphatic carbocycles. The van der Waals surface area contributed by atoms with E-state index in [-0.39, 0.29) is 0 Å². The summed E-state index contributed by atoms with van der Waals surface area (Å²) >= 11 is 1.66. The number of thiophene rings is 1. The van der Waals surface area contributed by atoms with E-state index in [9.17, 15) is 9.90 Å². The SMILES string of the molecule is CCCc1ccsc1C1(OC(C)[C@H](N)C(=O)O)c2ccccc2-c2ccccc21. The number of carboxylic acids is 1. The second-order valence-electron chi connectivity index (χ2n) is 7.48. The minimum atomic E-state index is -1.11. The van der Waals surface area contributed by atoms with Gasteiger partial charge in [0.2, 0.25) is 0 Å². The molecule has 0 saturated carbocycles. The van der Waals surface area contributed by atoms with Gasteiger partial charge in [-0.1, -0.05) is 61.9 Å². The molecule has 1 unspecified atom stereocenters. The van der Waals surface area contributed by atoms with Gasteiger partial charge in [0.05, 0.1) is 6.10 Å². The van der Waals surface area contributed by atoms with E-state index in [0.717, 1.165) is 40.0 Å². The highest BCUT2D eigenvalue weighted by molar-refractivity contribution is 7.10. The van der Waals surface area contributed by atoms with Gasteiger partial charge in [-0.25, -0.2) is 0 Å². The number of nitrogens with two attached hydrogens (primary N) is 1. The standard InChI is InChI=1S/C24H25NO3S/c1-3-8-16-13-14-29-22(16)24(28-15(2)21(25)23(26)27)19-11-6-4-9-17(19)18-10-5-7-12-20(18)24/h4-7,9-15,21H,3,8,25H2,1-2H3,(H,26,27)/t15?,21-/m0/s1. The fraction of sp³-hybridized carbons (Fsp3) is 0.292. The van der Waals surface area contributed by atoms with Gasteiger partial charge in [0.25, 0.3) is 0 Å². The van der Waals surface area contributed by atoms with Crippen LogP contribution in [0.25, 0.3) is 11.1 Å². The number of aryl methyl sites for hydroxylation is 1. The van der Waals surface area contributed by atoms with Crippen molar-refractivity contribution in [1.29, 1.82) is 0 Å². The lowest BCUT2D eigenvalue weighted by molar-refractivity contribution is -0.144. The van der Waals surface area contributed by atoms with Gasteiger partial charge in [0.15, 0.2) is 5.60 Å². The largest absolute Gasteiger partial charge is 0.480 e. The Hall–Kier alpha value is -2.47. The number of carboxylic acid groups (broad SMARTS) is 1. The van der Waals surface area contributed by atoms with Crippen LogP contribution in [0.2, 0.25) is 0 Å². The summed E-state index contributed by atoms with van der Waals surface area (Å²) in [7, 11) is 0. The van der Waals surface area contributed by atoms with Crippen LogP contribution in [0.4, 0.5) is 0 Å². The van der Waals surface area contributed by atoms with Gasteiger partial charge < -0.3 is 15.6 Å². The minimum Gasteiger partial charge on any atom is -0.480 e. The Bertz CT molecular complexity index is 996. The molecule has 0 spiro atoms. The molecule has 29 heavy (non-hydrogen) atoms. The minimum absolute atomic E-state index is 0.678. The highest BCUT2D eigenvalue weighted by atomic mass is 32.1. The van der Waals surface area contributed by atoms with Crippen molar-refractivity contribution in [3.8, 4) is 11.1 Å². The third kappa shape index (κ3) is 3.10. The van der Waals surface area contributed by atoms with E-state index < -0.39 is 23.7 Å². The van der Waals surface area contributed by atoms with E-state index in [1.165, 1.54) is 5.56 Å². The molecule has 0 fully saturated rings. The molecule has 1 heterocycles. The molecule has 0 bridgehead atoms. The van der Waals surface area contributed by atoms with E-state index in [2.05, 4.69) is 42.6 Å². The average Bonchev–Trinajstić information content (AvgIpc) is 3.30. The van der Waals surface area contributed by atoms with Crippen LogP contribution in [0, 0.1) is 0 Å². The molecular weight excluding hydrogens is 382 g/mol. The molecule has 0 aliphatic heterocycles. The van der Waals surface area contributed by atoms with E-state index in [1.807, 2.05) is 24.3 Å². The van der Waals surface area contributed by atoms with Crippen molar-refractivity contribution >= 4 is 17.3 Å². The Morgan fingerprint density at radius 2 is 1.69 bits per heavy atom. The van der Waals surface area contributed by atoms with Gasteiger partial charge in [-0.05, 0) is 41.5 Å². The Labute approximate surface area is 175 Å². The molecule has 4 rings (SSSR count). The third-order valence-corrected chi connectivity index (χ3v) is 6.70. The first kappa shape index (κ1) is 19.8. The summed E-state index contributed by atoms with van der Waals surface area (Å²) in [5.74, 6) is -1.06. The van der Waals surface area contributed by atoms with Crippen LogP contribution in [0.5, 0.6) is 0 Å². The zero-order chi connectivity index (χ0) is 20.6. The zero-order valence-corrected chi connectivity index (χ0v) is 17.4. The monoisotopic (exact) mass is 407 g/mol. The first-order chi connectivity index (χ1) is 14.0. The van der Waals surface area contributed by atoms with E-state index in [0.29, 0.717) is 0 Å². The van der Waals surface area contributed by atoms with Crippen molar-refractivity contribution in [1.82, 2.24) is 0 Å². The van der Waals surface area contributed by atoms with E-state index >= 15 is 0 Å². The highest BCUT2D eigenvalue weighted by Crippen LogP contribution is 2.55. The fourth-order valence-electron chi connectivity index (χ4n) is 4.28. The summed E-state index contributed by atoms with van der Waals surface area (Å²) in [6, 6.07) is 17.5. The Balaban J connectivity index is 1.99. The third-order valence-electron chi connectivity index (χ3n) is 5.64. The van der Waals surface area contributed by atoms with Crippen molar-refractivity contribution in [2.75, 3.05) is 0 Å². The van der Waals surface area contributed by atoms with Crippen molar-refractivity contribution in [2.45, 2.75) is 44.4 Å². The van der Waals surface area contributed by atoms with Crippen LogP contribution in [-0.2, 0) is 21.6 Å². The fourth-order valence-corrected chi connectivity index (χ4v) is 5.41. The molecule has 0 radical (unpaired) electrons. The molecule has 5 heteroatoms. The summed E-state index contributed by atoms with van der Waals surface area (Å²) in [5.41, 5.74) is 10.7. The number of fused-ring (bicyclic) bond motifs is 3. The second-order valence-corrected chi connectivity index (χ2v) is 8.40. The summed E-state index contributed by atoms with van der Waals surface area (Å²) in [6.45, 7) is 3.91. The predicted molar refractivity (Wildman–Crippen MR) is 116 cm³/mol. The molecule has 0 amide bonds. The molecule has 3 N–H and O–H groups in total. The van der Waals surface area contributed by atoms with Gasteiger partial charge in [0.1, 0.15) is 6.04 Å². The molecule has 150 valence electrons. The van der Waals surface area contributed by atoms with Gasteiger partial charge >= 0.3 is 5.97 Å². The first-order valence-corrected chi connectivity index (χ1v) is 10.8. The summed E-state index contributed by atoms with van der Waals surface area (Å²) < 4.78 is 6.71. The second kappa shape index (κ2) is 7.75. The first-order valence-electron chi connectivity index (χ1n) is 9.93. The lowest BCUT2D eigenvalue weighted by Crippen LogP contribution is -2.46. The zero-order valence-electron chi connectivity index (χ0n) is 16.6. The van der Waals surface area contributed by atoms with Gasteiger partial charge in [0, 0.05) is 16.0 Å². The molecular formula is C24H25NO3S. The van der Waals surface area contributed by atoms with Gasteiger partial charge in [-0.15, -0.1) is 11.3 Å². The maximum atomic E-state index is 11.6. The van der Waals surface area contributed by atoms with Crippen LogP contribution in [0.15, 0.2) is 60.0 Å². The number of ether oxygens (including phenoxy) is 1. The maximum Gasteiger partial charge on any atom is 0.323 e.